The molecule has 3 N–H and O–H groups in total. The van der Waals surface area contributed by atoms with E-state index in [2.05, 4.69) is 22.2 Å². The number of benzene rings is 3. The molecular weight excluding hydrogens is 495 g/mol. The molecule has 0 spiro atoms. The van der Waals surface area contributed by atoms with Gasteiger partial charge in [0.1, 0.15) is 0 Å². The molecule has 0 fully saturated rings. The van der Waals surface area contributed by atoms with Crippen LogP contribution in [0.15, 0.2) is 77.7 Å². The van der Waals surface area contributed by atoms with Gasteiger partial charge >= 0.3 is 5.97 Å². The van der Waals surface area contributed by atoms with Crippen molar-refractivity contribution in [2.45, 2.75) is 23.3 Å². The van der Waals surface area contributed by atoms with E-state index in [1.54, 1.807) is 30.3 Å². The topological polar surface area (TPSA) is 95.5 Å². The molecule has 5 rings (SSSR count). The van der Waals surface area contributed by atoms with Crippen LogP contribution in [0.2, 0.25) is 10.0 Å². The van der Waals surface area contributed by atoms with Crippen LogP contribution >= 0.6 is 23.2 Å². The highest BCUT2D eigenvalue weighted by molar-refractivity contribution is 7.92. The lowest BCUT2D eigenvalue weighted by Gasteiger charge is -2.38. The Morgan fingerprint density at radius 1 is 1.03 bits per heavy atom. The molecule has 1 aliphatic carbocycles. The molecular formula is C25H20Cl2N2O4S. The summed E-state index contributed by atoms with van der Waals surface area (Å²) in [7, 11) is -3.92. The maximum Gasteiger partial charge on any atom is 0.336 e. The monoisotopic (exact) mass is 514 g/mol. The third-order valence-electron chi connectivity index (χ3n) is 6.34. The number of nitrogens with one attached hydrogen (secondary N) is 2. The molecule has 0 saturated heterocycles. The minimum atomic E-state index is -3.92. The molecule has 34 heavy (non-hydrogen) atoms. The highest BCUT2D eigenvalue weighted by Gasteiger charge is 2.39. The average Bonchev–Trinajstić information content (AvgIpc) is 3.31. The molecule has 6 nitrogen and oxygen atoms in total. The number of rotatable bonds is 5. The van der Waals surface area contributed by atoms with Crippen molar-refractivity contribution in [3.8, 4) is 0 Å². The first-order valence-electron chi connectivity index (χ1n) is 10.6. The van der Waals surface area contributed by atoms with Crippen molar-refractivity contribution < 1.29 is 18.3 Å². The maximum atomic E-state index is 13.1. The van der Waals surface area contributed by atoms with Crippen molar-refractivity contribution in [3.05, 3.63) is 99.6 Å². The maximum absolute atomic E-state index is 13.1. The van der Waals surface area contributed by atoms with Crippen LogP contribution in [-0.2, 0) is 10.0 Å². The summed E-state index contributed by atoms with van der Waals surface area (Å²) in [5.41, 5.74) is 2.80. The number of carbonyl (C=O) groups is 1. The Bertz CT molecular complexity index is 1440. The standard InChI is InChI=1S/C25H20Cl2N2O4S/c26-14-8-10-21(27)23(12-14)29-34(32,33)15-9-11-22-20(13-15)16-6-3-7-17(16)24(28-22)18-4-1-2-5-19(18)25(30)31/h1-6,8-13,16-17,24,28-29H,7H2,(H,30,31)/t16-,17+,24-/m0/s1. The van der Waals surface area contributed by atoms with E-state index in [1.807, 2.05) is 12.1 Å². The molecule has 1 heterocycles. The van der Waals surface area contributed by atoms with E-state index >= 15 is 0 Å². The molecule has 2 aliphatic rings. The lowest BCUT2D eigenvalue weighted by molar-refractivity contribution is 0.0694. The van der Waals surface area contributed by atoms with Crippen LogP contribution in [0.1, 0.15) is 39.9 Å². The quantitative estimate of drug-likeness (QED) is 0.346. The summed E-state index contributed by atoms with van der Waals surface area (Å²) in [4.78, 5) is 11.9. The summed E-state index contributed by atoms with van der Waals surface area (Å²) >= 11 is 12.1. The van der Waals surface area contributed by atoms with Crippen molar-refractivity contribution >= 4 is 50.6 Å². The second-order valence-corrected chi connectivity index (χ2v) is 10.9. The van der Waals surface area contributed by atoms with Gasteiger partial charge in [-0.05, 0) is 65.9 Å². The third-order valence-corrected chi connectivity index (χ3v) is 8.27. The third kappa shape index (κ3) is 4.04. The molecule has 0 bridgehead atoms. The fraction of sp³-hybridized carbons (Fsp3) is 0.160. The van der Waals surface area contributed by atoms with Crippen molar-refractivity contribution in [2.24, 2.45) is 5.92 Å². The Balaban J connectivity index is 1.52. The molecule has 3 aromatic carbocycles. The summed E-state index contributed by atoms with van der Waals surface area (Å²) < 4.78 is 28.8. The lowest BCUT2D eigenvalue weighted by Crippen LogP contribution is -2.30. The smallest absolute Gasteiger partial charge is 0.336 e. The number of anilines is 2. The molecule has 0 aromatic heterocycles. The largest absolute Gasteiger partial charge is 0.478 e. The first-order valence-corrected chi connectivity index (χ1v) is 12.9. The Morgan fingerprint density at radius 3 is 2.62 bits per heavy atom. The summed E-state index contributed by atoms with van der Waals surface area (Å²) in [5.74, 6) is -0.966. The number of carboxylic acid groups (broad SMARTS) is 1. The molecule has 0 radical (unpaired) electrons. The highest BCUT2D eigenvalue weighted by atomic mass is 35.5. The number of hydrogen-bond acceptors (Lipinski definition) is 4. The highest BCUT2D eigenvalue weighted by Crippen LogP contribution is 2.50. The van der Waals surface area contributed by atoms with E-state index in [1.165, 1.54) is 18.2 Å². The summed E-state index contributed by atoms with van der Waals surface area (Å²) in [5, 5.41) is 13.8. The number of aromatic carboxylic acids is 1. The Hall–Kier alpha value is -3.00. The lowest BCUT2D eigenvalue weighted by atomic mass is 9.76. The van der Waals surface area contributed by atoms with E-state index in [0.717, 1.165) is 17.7 Å². The van der Waals surface area contributed by atoms with Crippen molar-refractivity contribution in [1.82, 2.24) is 0 Å². The molecule has 9 heteroatoms. The molecule has 0 unspecified atom stereocenters. The predicted octanol–water partition coefficient (Wildman–Crippen LogP) is 6.32. The van der Waals surface area contributed by atoms with E-state index in [-0.39, 0.29) is 39.0 Å². The normalized spacial score (nSPS) is 20.8. The van der Waals surface area contributed by atoms with Gasteiger partial charge in [-0.25, -0.2) is 13.2 Å². The summed E-state index contributed by atoms with van der Waals surface area (Å²) in [6.07, 6.45) is 4.88. The second-order valence-electron chi connectivity index (χ2n) is 8.35. The van der Waals surface area contributed by atoms with E-state index in [0.29, 0.717) is 10.6 Å². The van der Waals surface area contributed by atoms with E-state index < -0.39 is 16.0 Å². The van der Waals surface area contributed by atoms with Crippen molar-refractivity contribution in [1.29, 1.82) is 0 Å². The number of carboxylic acids is 1. The van der Waals surface area contributed by atoms with Crippen LogP contribution in [0.4, 0.5) is 11.4 Å². The minimum absolute atomic E-state index is 0.0481. The zero-order valence-corrected chi connectivity index (χ0v) is 20.0. The number of halogens is 2. The molecule has 0 amide bonds. The van der Waals surface area contributed by atoms with E-state index in [4.69, 9.17) is 23.2 Å². The zero-order valence-electron chi connectivity index (χ0n) is 17.7. The van der Waals surface area contributed by atoms with Gasteiger partial charge in [-0.1, -0.05) is 53.6 Å². The SMILES string of the molecule is O=C(O)c1ccccc1[C@H]1Nc2ccc(S(=O)(=O)Nc3cc(Cl)ccc3Cl)cc2[C@H]2C=CC[C@H]21. The number of allylic oxidation sites excluding steroid dienone is 2. The molecule has 1 aliphatic heterocycles. The van der Waals surface area contributed by atoms with Crippen molar-refractivity contribution in [3.63, 3.8) is 0 Å². The van der Waals surface area contributed by atoms with Gasteiger partial charge in [0.2, 0.25) is 0 Å². The number of hydrogen-bond donors (Lipinski definition) is 3. The second kappa shape index (κ2) is 8.65. The van der Waals surface area contributed by atoms with Crippen LogP contribution in [0.5, 0.6) is 0 Å². The summed E-state index contributed by atoms with van der Waals surface area (Å²) in [6, 6.07) is 16.2. The summed E-state index contributed by atoms with van der Waals surface area (Å²) in [6.45, 7) is 0. The number of sulfonamides is 1. The van der Waals surface area contributed by atoms with Crippen LogP contribution in [-0.4, -0.2) is 19.5 Å². The van der Waals surface area contributed by atoms with Gasteiger partial charge < -0.3 is 10.4 Å². The Labute approximate surface area is 207 Å². The van der Waals surface area contributed by atoms with Crippen LogP contribution < -0.4 is 10.0 Å². The molecule has 3 aromatic rings. The minimum Gasteiger partial charge on any atom is -0.478 e. The molecule has 3 atom stereocenters. The Morgan fingerprint density at radius 2 is 1.82 bits per heavy atom. The zero-order chi connectivity index (χ0) is 24.0. The average molecular weight is 515 g/mol. The predicted molar refractivity (Wildman–Crippen MR) is 133 cm³/mol. The molecule has 0 saturated carbocycles. The first kappa shape index (κ1) is 22.8. The van der Waals surface area contributed by atoms with E-state index in [9.17, 15) is 18.3 Å². The van der Waals surface area contributed by atoms with Crippen LogP contribution in [0.25, 0.3) is 0 Å². The van der Waals surface area contributed by atoms with Crippen LogP contribution in [0, 0.1) is 5.92 Å². The van der Waals surface area contributed by atoms with Gasteiger partial charge in [0.25, 0.3) is 10.0 Å². The van der Waals surface area contributed by atoms with Crippen molar-refractivity contribution in [2.75, 3.05) is 10.0 Å². The van der Waals surface area contributed by atoms with Gasteiger partial charge in [-0.15, -0.1) is 0 Å². The van der Waals surface area contributed by atoms with Gasteiger partial charge in [-0.3, -0.25) is 4.72 Å². The fourth-order valence-electron chi connectivity index (χ4n) is 4.79. The van der Waals surface area contributed by atoms with Gasteiger partial charge in [0.05, 0.1) is 27.2 Å². The van der Waals surface area contributed by atoms with Crippen LogP contribution in [0.3, 0.4) is 0 Å². The Kier molecular flexibility index (Phi) is 5.80. The fourth-order valence-corrected chi connectivity index (χ4v) is 6.29. The van der Waals surface area contributed by atoms with Gasteiger partial charge in [0, 0.05) is 16.6 Å². The molecule has 174 valence electrons. The first-order chi connectivity index (χ1) is 16.2. The van der Waals surface area contributed by atoms with Gasteiger partial charge in [0.15, 0.2) is 0 Å². The number of fused-ring (bicyclic) bond motifs is 3. The van der Waals surface area contributed by atoms with Gasteiger partial charge in [-0.2, -0.15) is 0 Å².